The molecule has 0 amide bonds. The second-order valence-electron chi connectivity index (χ2n) is 5.22. The average molecular weight is 235 g/mol. The van der Waals surface area contributed by atoms with E-state index in [0.29, 0.717) is 24.3 Å². The highest BCUT2D eigenvalue weighted by Gasteiger charge is 2.35. The number of hydrogen-bond acceptors (Lipinski definition) is 3. The summed E-state index contributed by atoms with van der Waals surface area (Å²) in [6, 6.07) is 0. The molecule has 0 spiro atoms. The molecular weight excluding hydrogens is 218 g/mol. The van der Waals surface area contributed by atoms with E-state index < -0.39 is 0 Å². The van der Waals surface area contributed by atoms with Crippen LogP contribution in [0.2, 0.25) is 0 Å². The largest absolute Gasteiger partial charge is 0.462 e. The van der Waals surface area contributed by atoms with Gasteiger partial charge in [0, 0.05) is 12.6 Å². The highest BCUT2D eigenvalue weighted by atomic mass is 16.5. The Kier molecular flexibility index (Phi) is 2.81. The Labute approximate surface area is 100 Å². The zero-order chi connectivity index (χ0) is 12.6. The molecule has 1 N–H and O–H groups in total. The van der Waals surface area contributed by atoms with Crippen molar-refractivity contribution in [2.24, 2.45) is 5.41 Å². The first kappa shape index (κ1) is 11.9. The summed E-state index contributed by atoms with van der Waals surface area (Å²) in [6.45, 7) is 6.19. The molecule has 4 heteroatoms. The summed E-state index contributed by atoms with van der Waals surface area (Å²) in [5.41, 5.74) is 1.80. The second kappa shape index (κ2) is 4.02. The molecule has 1 aliphatic rings. The summed E-state index contributed by atoms with van der Waals surface area (Å²) in [5.74, 6) is -0.276. The molecule has 1 aromatic heterocycles. The molecule has 0 radical (unpaired) electrons. The number of aromatic amines is 1. The van der Waals surface area contributed by atoms with Gasteiger partial charge in [0.25, 0.3) is 0 Å². The van der Waals surface area contributed by atoms with Crippen LogP contribution in [0, 0.1) is 5.41 Å². The maximum Gasteiger partial charge on any atom is 0.339 e. The number of H-pyrrole nitrogens is 1. The minimum atomic E-state index is -0.351. The number of Topliss-reactive ketones (excluding diaryl/α,β-unsaturated/α-hetero) is 1. The fraction of sp³-hybridized carbons (Fsp3) is 0.538. The number of carbonyl (C=O) groups is 2. The van der Waals surface area contributed by atoms with E-state index in [1.165, 1.54) is 0 Å². The second-order valence-corrected chi connectivity index (χ2v) is 5.22. The number of nitrogens with one attached hydrogen (secondary N) is 1. The van der Waals surface area contributed by atoms with Crippen LogP contribution < -0.4 is 0 Å². The van der Waals surface area contributed by atoms with Crippen LogP contribution in [0.15, 0.2) is 6.20 Å². The molecule has 17 heavy (non-hydrogen) atoms. The van der Waals surface area contributed by atoms with E-state index >= 15 is 0 Å². The number of aromatic nitrogens is 1. The van der Waals surface area contributed by atoms with Gasteiger partial charge in [-0.3, -0.25) is 4.79 Å². The highest BCUT2D eigenvalue weighted by molar-refractivity contribution is 6.02. The van der Waals surface area contributed by atoms with E-state index in [1.807, 2.05) is 13.8 Å². The van der Waals surface area contributed by atoms with Crippen molar-refractivity contribution in [3.63, 3.8) is 0 Å². The number of rotatable bonds is 2. The first-order chi connectivity index (χ1) is 7.94. The molecule has 0 atom stereocenters. The Bertz CT molecular complexity index is 471. The number of ether oxygens (including phenoxy) is 1. The minimum Gasteiger partial charge on any atom is -0.462 e. The van der Waals surface area contributed by atoms with Crippen LogP contribution in [0.25, 0.3) is 0 Å². The molecule has 92 valence electrons. The van der Waals surface area contributed by atoms with E-state index in [2.05, 4.69) is 4.98 Å². The lowest BCUT2D eigenvalue weighted by Crippen LogP contribution is -2.27. The lowest BCUT2D eigenvalue weighted by Gasteiger charge is -2.28. The molecule has 0 saturated heterocycles. The van der Waals surface area contributed by atoms with Crippen molar-refractivity contribution in [1.29, 1.82) is 0 Å². The summed E-state index contributed by atoms with van der Waals surface area (Å²) in [6.07, 6.45) is 2.83. The predicted octanol–water partition coefficient (Wildman–Crippen LogP) is 2.35. The third-order valence-electron chi connectivity index (χ3n) is 3.06. The van der Waals surface area contributed by atoms with Crippen LogP contribution in [0.4, 0.5) is 0 Å². The highest BCUT2D eigenvalue weighted by Crippen LogP contribution is 2.36. The molecule has 1 heterocycles. The van der Waals surface area contributed by atoms with E-state index in [0.717, 1.165) is 12.0 Å². The number of ketones is 1. The van der Waals surface area contributed by atoms with Gasteiger partial charge in [-0.05, 0) is 24.3 Å². The lowest BCUT2D eigenvalue weighted by molar-refractivity contribution is 0.0525. The molecule has 0 unspecified atom stereocenters. The van der Waals surface area contributed by atoms with E-state index in [1.54, 1.807) is 13.1 Å². The molecule has 1 aromatic rings. The van der Waals surface area contributed by atoms with Crippen LogP contribution in [0.5, 0.6) is 0 Å². The van der Waals surface area contributed by atoms with Gasteiger partial charge in [0.05, 0.1) is 17.9 Å². The zero-order valence-corrected chi connectivity index (χ0v) is 10.4. The standard InChI is InChI=1S/C13H17NO3/c1-4-17-12(16)9-7-14-11-8(9)5-13(2,3)6-10(11)15/h7,14H,4-6H2,1-3H3. The Morgan fingerprint density at radius 3 is 2.82 bits per heavy atom. The Morgan fingerprint density at radius 1 is 1.47 bits per heavy atom. The first-order valence-electron chi connectivity index (χ1n) is 5.85. The average Bonchev–Trinajstić information content (AvgIpc) is 2.59. The maximum absolute atomic E-state index is 11.9. The molecule has 4 nitrogen and oxygen atoms in total. The van der Waals surface area contributed by atoms with Crippen molar-refractivity contribution >= 4 is 11.8 Å². The molecule has 0 fully saturated rings. The summed E-state index contributed by atoms with van der Waals surface area (Å²) in [7, 11) is 0. The van der Waals surface area contributed by atoms with Gasteiger partial charge in [-0.25, -0.2) is 4.79 Å². The monoisotopic (exact) mass is 235 g/mol. The van der Waals surface area contributed by atoms with Gasteiger partial charge in [0.1, 0.15) is 0 Å². The summed E-state index contributed by atoms with van der Waals surface area (Å²) < 4.78 is 4.99. The van der Waals surface area contributed by atoms with Crippen molar-refractivity contribution in [3.05, 3.63) is 23.0 Å². The molecule has 2 rings (SSSR count). The Morgan fingerprint density at radius 2 is 2.18 bits per heavy atom. The third kappa shape index (κ3) is 2.12. The molecular formula is C13H17NO3. The van der Waals surface area contributed by atoms with E-state index in [4.69, 9.17) is 4.74 Å². The van der Waals surface area contributed by atoms with Gasteiger partial charge in [0.2, 0.25) is 0 Å². The number of esters is 1. The summed E-state index contributed by atoms with van der Waals surface area (Å²) >= 11 is 0. The number of hydrogen-bond donors (Lipinski definition) is 1. The van der Waals surface area contributed by atoms with Crippen LogP contribution in [-0.4, -0.2) is 23.3 Å². The third-order valence-corrected chi connectivity index (χ3v) is 3.06. The fourth-order valence-electron chi connectivity index (χ4n) is 2.34. The quantitative estimate of drug-likeness (QED) is 0.800. The lowest BCUT2D eigenvalue weighted by atomic mass is 9.75. The van der Waals surface area contributed by atoms with Crippen LogP contribution in [0.3, 0.4) is 0 Å². The molecule has 1 aliphatic carbocycles. The SMILES string of the molecule is CCOC(=O)c1c[nH]c2c1CC(C)(C)CC2=O. The van der Waals surface area contributed by atoms with Gasteiger partial charge in [-0.1, -0.05) is 13.8 Å². The van der Waals surface area contributed by atoms with Crippen LogP contribution in [-0.2, 0) is 11.2 Å². The van der Waals surface area contributed by atoms with Crippen molar-refractivity contribution in [3.8, 4) is 0 Å². The Hall–Kier alpha value is -1.58. The fourth-order valence-corrected chi connectivity index (χ4v) is 2.34. The van der Waals surface area contributed by atoms with Crippen molar-refractivity contribution < 1.29 is 14.3 Å². The van der Waals surface area contributed by atoms with Gasteiger partial charge in [0.15, 0.2) is 5.78 Å². The zero-order valence-electron chi connectivity index (χ0n) is 10.4. The summed E-state index contributed by atoms with van der Waals surface area (Å²) in [4.78, 5) is 26.6. The summed E-state index contributed by atoms with van der Waals surface area (Å²) in [5, 5.41) is 0. The van der Waals surface area contributed by atoms with Crippen LogP contribution >= 0.6 is 0 Å². The number of fused-ring (bicyclic) bond motifs is 1. The van der Waals surface area contributed by atoms with E-state index in [-0.39, 0.29) is 17.2 Å². The minimum absolute atomic E-state index is 0.0757. The molecule has 0 bridgehead atoms. The van der Waals surface area contributed by atoms with Gasteiger partial charge >= 0.3 is 5.97 Å². The normalized spacial score (nSPS) is 17.7. The number of carbonyl (C=O) groups excluding carboxylic acids is 2. The maximum atomic E-state index is 11.9. The van der Waals surface area contributed by atoms with Crippen molar-refractivity contribution in [2.45, 2.75) is 33.6 Å². The van der Waals surface area contributed by atoms with Gasteiger partial charge < -0.3 is 9.72 Å². The van der Waals surface area contributed by atoms with Gasteiger partial charge in [-0.2, -0.15) is 0 Å². The van der Waals surface area contributed by atoms with Crippen LogP contribution in [0.1, 0.15) is 53.6 Å². The smallest absolute Gasteiger partial charge is 0.339 e. The first-order valence-corrected chi connectivity index (χ1v) is 5.85. The molecule has 0 aliphatic heterocycles. The predicted molar refractivity (Wildman–Crippen MR) is 63.2 cm³/mol. The topological polar surface area (TPSA) is 59.2 Å². The van der Waals surface area contributed by atoms with Crippen molar-refractivity contribution in [2.75, 3.05) is 6.61 Å². The molecule has 0 aromatic carbocycles. The Balaban J connectivity index is 2.40. The van der Waals surface area contributed by atoms with Crippen molar-refractivity contribution in [1.82, 2.24) is 4.98 Å². The molecule has 0 saturated carbocycles. The van der Waals surface area contributed by atoms with E-state index in [9.17, 15) is 9.59 Å². The van der Waals surface area contributed by atoms with Gasteiger partial charge in [-0.15, -0.1) is 0 Å².